The van der Waals surface area contributed by atoms with Gasteiger partial charge in [-0.25, -0.2) is 8.42 Å². The van der Waals surface area contributed by atoms with Gasteiger partial charge in [0.25, 0.3) is 10.0 Å². The van der Waals surface area contributed by atoms with E-state index in [1.54, 1.807) is 30.3 Å². The summed E-state index contributed by atoms with van der Waals surface area (Å²) in [6.45, 7) is 1.38. The summed E-state index contributed by atoms with van der Waals surface area (Å²) in [6, 6.07) is 21.6. The van der Waals surface area contributed by atoms with E-state index in [0.717, 1.165) is 9.87 Å². The molecule has 0 aromatic heterocycles. The van der Waals surface area contributed by atoms with Gasteiger partial charge < -0.3 is 5.32 Å². The second-order valence-corrected chi connectivity index (χ2v) is 9.25. The molecule has 0 spiro atoms. The van der Waals surface area contributed by atoms with E-state index in [4.69, 9.17) is 23.2 Å². The number of anilines is 1. The van der Waals surface area contributed by atoms with Crippen molar-refractivity contribution < 1.29 is 13.2 Å². The second-order valence-electron chi connectivity index (χ2n) is 6.60. The average molecular weight is 463 g/mol. The zero-order chi connectivity index (χ0) is 21.7. The first-order chi connectivity index (χ1) is 14.3. The second kappa shape index (κ2) is 9.51. The molecule has 1 N–H and O–H groups in total. The third-order valence-corrected chi connectivity index (χ3v) is 7.08. The molecule has 3 rings (SSSR count). The molecule has 30 heavy (non-hydrogen) atoms. The lowest BCUT2D eigenvalue weighted by atomic mass is 10.1. The normalized spacial score (nSPS) is 12.2. The summed E-state index contributed by atoms with van der Waals surface area (Å²) in [4.78, 5) is 12.8. The lowest BCUT2D eigenvalue weighted by Crippen LogP contribution is -2.41. The zero-order valence-electron chi connectivity index (χ0n) is 16.1. The number of rotatable bonds is 7. The first-order valence-corrected chi connectivity index (χ1v) is 11.4. The first kappa shape index (κ1) is 22.2. The molecule has 0 radical (unpaired) electrons. The van der Waals surface area contributed by atoms with Crippen LogP contribution >= 0.6 is 23.2 Å². The number of carbonyl (C=O) groups excluding carboxylic acids is 1. The molecule has 0 aliphatic carbocycles. The number of amides is 1. The third-order valence-electron chi connectivity index (χ3n) is 4.50. The molecule has 1 amide bonds. The molecule has 3 aromatic carbocycles. The van der Waals surface area contributed by atoms with Gasteiger partial charge in [0, 0.05) is 0 Å². The Morgan fingerprint density at radius 2 is 1.53 bits per heavy atom. The van der Waals surface area contributed by atoms with Gasteiger partial charge in [-0.15, -0.1) is 0 Å². The Balaban J connectivity index is 1.94. The molecule has 0 bridgehead atoms. The van der Waals surface area contributed by atoms with Crippen LogP contribution in [0.2, 0.25) is 10.0 Å². The van der Waals surface area contributed by atoms with Crippen molar-refractivity contribution in [1.29, 1.82) is 0 Å². The summed E-state index contributed by atoms with van der Waals surface area (Å²) in [5.41, 5.74) is 1.04. The zero-order valence-corrected chi connectivity index (χ0v) is 18.5. The molecule has 0 fully saturated rings. The van der Waals surface area contributed by atoms with Crippen molar-refractivity contribution in [2.24, 2.45) is 0 Å². The van der Waals surface area contributed by atoms with Crippen LogP contribution in [-0.2, 0) is 14.8 Å². The molecule has 0 aliphatic rings. The summed E-state index contributed by atoms with van der Waals surface area (Å²) in [5.74, 6) is -0.470. The van der Waals surface area contributed by atoms with Gasteiger partial charge >= 0.3 is 0 Å². The van der Waals surface area contributed by atoms with Gasteiger partial charge in [-0.05, 0) is 36.8 Å². The maximum Gasteiger partial charge on any atom is 0.264 e. The van der Waals surface area contributed by atoms with E-state index in [1.807, 2.05) is 37.3 Å². The van der Waals surface area contributed by atoms with Crippen molar-refractivity contribution >= 4 is 44.8 Å². The predicted molar refractivity (Wildman–Crippen MR) is 120 cm³/mol. The van der Waals surface area contributed by atoms with Gasteiger partial charge in [0.15, 0.2) is 0 Å². The lowest BCUT2D eigenvalue weighted by Gasteiger charge is -2.26. The van der Waals surface area contributed by atoms with E-state index in [2.05, 4.69) is 5.32 Å². The Hall–Kier alpha value is -2.54. The monoisotopic (exact) mass is 462 g/mol. The standard InChI is InChI=1S/C22H20Cl2N2O3S/c1-16(17-9-4-2-5-10-17)25-21(27)15-26(20-14-8-13-19(23)22(20)24)30(28,29)18-11-6-3-7-12-18/h2-14,16H,15H2,1H3,(H,25,27)/t16-/m1/s1. The molecule has 3 aromatic rings. The molecule has 156 valence electrons. The van der Waals surface area contributed by atoms with Gasteiger partial charge in [-0.1, -0.05) is 77.8 Å². The molecule has 1 atom stereocenters. The quantitative estimate of drug-likeness (QED) is 0.532. The maximum absolute atomic E-state index is 13.3. The average Bonchev–Trinajstić information content (AvgIpc) is 2.75. The smallest absolute Gasteiger partial charge is 0.264 e. The largest absolute Gasteiger partial charge is 0.348 e. The van der Waals surface area contributed by atoms with Crippen molar-refractivity contribution in [2.45, 2.75) is 17.9 Å². The fourth-order valence-corrected chi connectivity index (χ4v) is 4.85. The van der Waals surface area contributed by atoms with E-state index in [9.17, 15) is 13.2 Å². The van der Waals surface area contributed by atoms with Gasteiger partial charge in [0.1, 0.15) is 6.54 Å². The minimum absolute atomic E-state index is 0.0463. The molecule has 0 saturated heterocycles. The Kier molecular flexibility index (Phi) is 7.02. The number of nitrogens with zero attached hydrogens (tertiary/aromatic N) is 1. The summed E-state index contributed by atoms with van der Waals surface area (Å²) in [5, 5.41) is 3.09. The van der Waals surface area contributed by atoms with E-state index in [-0.39, 0.29) is 26.7 Å². The van der Waals surface area contributed by atoms with Crippen molar-refractivity contribution in [3.63, 3.8) is 0 Å². The molecule has 0 saturated carbocycles. The van der Waals surface area contributed by atoms with Crippen molar-refractivity contribution in [3.05, 3.63) is 94.5 Å². The minimum atomic E-state index is -4.06. The molecule has 0 unspecified atom stereocenters. The highest BCUT2D eigenvalue weighted by molar-refractivity contribution is 7.92. The fourth-order valence-electron chi connectivity index (χ4n) is 2.95. The number of nitrogens with one attached hydrogen (secondary N) is 1. The van der Waals surface area contributed by atoms with E-state index in [1.165, 1.54) is 18.2 Å². The molecule has 0 aliphatic heterocycles. The summed E-state index contributed by atoms with van der Waals surface area (Å²) < 4.78 is 27.6. The number of benzene rings is 3. The molecular weight excluding hydrogens is 443 g/mol. The number of sulfonamides is 1. The van der Waals surface area contributed by atoms with Gasteiger partial charge in [0.05, 0.1) is 26.7 Å². The van der Waals surface area contributed by atoms with Crippen LogP contribution in [0, 0.1) is 0 Å². The SMILES string of the molecule is C[C@@H](NC(=O)CN(c1cccc(Cl)c1Cl)S(=O)(=O)c1ccccc1)c1ccccc1. The summed E-state index contributed by atoms with van der Waals surface area (Å²) in [7, 11) is -4.06. The van der Waals surface area contributed by atoms with Crippen LogP contribution < -0.4 is 9.62 Å². The van der Waals surface area contributed by atoms with Gasteiger partial charge in [-0.3, -0.25) is 9.10 Å². The lowest BCUT2D eigenvalue weighted by molar-refractivity contribution is -0.120. The van der Waals surface area contributed by atoms with E-state index >= 15 is 0 Å². The Morgan fingerprint density at radius 1 is 0.933 bits per heavy atom. The van der Waals surface area contributed by atoms with Crippen molar-refractivity contribution in [1.82, 2.24) is 5.32 Å². The van der Waals surface area contributed by atoms with Gasteiger partial charge in [-0.2, -0.15) is 0 Å². The maximum atomic E-state index is 13.3. The highest BCUT2D eigenvalue weighted by Crippen LogP contribution is 2.35. The Morgan fingerprint density at radius 3 is 2.17 bits per heavy atom. The molecule has 0 heterocycles. The van der Waals surface area contributed by atoms with Gasteiger partial charge in [0.2, 0.25) is 5.91 Å². The number of hydrogen-bond acceptors (Lipinski definition) is 3. The highest BCUT2D eigenvalue weighted by Gasteiger charge is 2.29. The summed E-state index contributed by atoms with van der Waals surface area (Å²) >= 11 is 12.4. The van der Waals surface area contributed by atoms with E-state index in [0.29, 0.717) is 0 Å². The number of halogens is 2. The van der Waals surface area contributed by atoms with Crippen LogP contribution in [0.5, 0.6) is 0 Å². The molecule has 5 nitrogen and oxygen atoms in total. The predicted octanol–water partition coefficient (Wildman–Crippen LogP) is 5.07. The van der Waals surface area contributed by atoms with Crippen molar-refractivity contribution in [3.8, 4) is 0 Å². The summed E-state index contributed by atoms with van der Waals surface area (Å²) in [6.07, 6.45) is 0. The van der Waals surface area contributed by atoms with Crippen LogP contribution in [0.15, 0.2) is 83.8 Å². The van der Waals surface area contributed by atoms with E-state index < -0.39 is 22.5 Å². The number of hydrogen-bond donors (Lipinski definition) is 1. The topological polar surface area (TPSA) is 66.5 Å². The molecule has 8 heteroatoms. The highest BCUT2D eigenvalue weighted by atomic mass is 35.5. The fraction of sp³-hybridized carbons (Fsp3) is 0.136. The van der Waals surface area contributed by atoms with Crippen LogP contribution in [0.3, 0.4) is 0 Å². The van der Waals surface area contributed by atoms with Crippen LogP contribution in [0.4, 0.5) is 5.69 Å². The van der Waals surface area contributed by atoms with Crippen LogP contribution in [0.25, 0.3) is 0 Å². The van der Waals surface area contributed by atoms with Crippen LogP contribution in [-0.4, -0.2) is 20.9 Å². The van der Waals surface area contributed by atoms with Crippen molar-refractivity contribution in [2.75, 3.05) is 10.8 Å². The third kappa shape index (κ3) is 4.95. The molecular formula is C22H20Cl2N2O3S. The Labute approximate surface area is 186 Å². The Bertz CT molecular complexity index is 1120. The number of carbonyl (C=O) groups is 1. The first-order valence-electron chi connectivity index (χ1n) is 9.17. The van der Waals surface area contributed by atoms with Crippen LogP contribution in [0.1, 0.15) is 18.5 Å². The minimum Gasteiger partial charge on any atom is -0.348 e.